The molecule has 0 bridgehead atoms. The molecule has 8 nitrogen and oxygen atoms in total. The van der Waals surface area contributed by atoms with Gasteiger partial charge in [-0.25, -0.2) is 0 Å². The summed E-state index contributed by atoms with van der Waals surface area (Å²) in [6.45, 7) is 6.20. The van der Waals surface area contributed by atoms with Crippen molar-refractivity contribution < 1.29 is 24.9 Å². The summed E-state index contributed by atoms with van der Waals surface area (Å²) in [6.07, 6.45) is 3.15. The molecule has 3 N–H and O–H groups in total. The minimum atomic E-state index is -1.05. The highest BCUT2D eigenvalue weighted by molar-refractivity contribution is 5.72. The second-order valence-corrected chi connectivity index (χ2v) is 8.23. The van der Waals surface area contributed by atoms with Crippen molar-refractivity contribution in [2.45, 2.75) is 45.1 Å². The average molecular weight is 382 g/mol. The predicted molar refractivity (Wildman–Crippen MR) is 99.2 cm³/mol. The molecule has 0 aromatic carbocycles. The number of fused-ring (bicyclic) bond motifs is 1. The highest BCUT2D eigenvalue weighted by atomic mass is 16.4. The highest BCUT2D eigenvalue weighted by Crippen LogP contribution is 2.57. The van der Waals surface area contributed by atoms with E-state index in [2.05, 4.69) is 18.7 Å². The summed E-state index contributed by atoms with van der Waals surface area (Å²) in [6, 6.07) is 0. The van der Waals surface area contributed by atoms with Gasteiger partial charge in [0.05, 0.1) is 25.7 Å². The zero-order chi connectivity index (χ0) is 20.2. The molecule has 2 fully saturated rings. The van der Waals surface area contributed by atoms with Crippen LogP contribution in [-0.4, -0.2) is 64.4 Å². The number of rotatable bonds is 9. The Hall–Kier alpha value is -1.80. The Kier molecular flexibility index (Phi) is 7.11. The van der Waals surface area contributed by atoms with Gasteiger partial charge in [0, 0.05) is 5.92 Å². The quantitative estimate of drug-likeness (QED) is 0.411. The van der Waals surface area contributed by atoms with E-state index in [0.717, 1.165) is 24.8 Å². The van der Waals surface area contributed by atoms with E-state index in [-0.39, 0.29) is 42.8 Å². The van der Waals surface area contributed by atoms with Crippen LogP contribution >= 0.6 is 0 Å². The zero-order valence-corrected chi connectivity index (χ0v) is 15.8. The first-order valence-electron chi connectivity index (χ1n) is 9.49. The lowest BCUT2D eigenvalue weighted by Gasteiger charge is -2.55. The lowest BCUT2D eigenvalue weighted by atomic mass is 9.50. The van der Waals surface area contributed by atoms with Gasteiger partial charge >= 0.3 is 11.9 Å². The van der Waals surface area contributed by atoms with Gasteiger partial charge in [0.2, 0.25) is 0 Å². The number of carboxylic acids is 2. The topological polar surface area (TPSA) is 128 Å². The van der Waals surface area contributed by atoms with E-state index in [1.54, 1.807) is 0 Å². The molecule has 5 atom stereocenters. The maximum Gasteiger partial charge on any atom is 0.317 e. The van der Waals surface area contributed by atoms with Crippen LogP contribution in [0.1, 0.15) is 39.0 Å². The molecule has 8 heteroatoms. The predicted octanol–water partition coefficient (Wildman–Crippen LogP) is 1.97. The Morgan fingerprint density at radius 3 is 2.44 bits per heavy atom. The Balaban J connectivity index is 2.16. The van der Waals surface area contributed by atoms with Crippen molar-refractivity contribution in [1.82, 2.24) is 4.90 Å². The van der Waals surface area contributed by atoms with Crippen molar-refractivity contribution in [2.75, 3.05) is 26.2 Å². The van der Waals surface area contributed by atoms with Crippen molar-refractivity contribution in [3.8, 4) is 0 Å². The minimum Gasteiger partial charge on any atom is -0.480 e. The van der Waals surface area contributed by atoms with Crippen molar-refractivity contribution >= 4 is 11.9 Å². The van der Waals surface area contributed by atoms with Crippen molar-refractivity contribution in [3.63, 3.8) is 0 Å². The van der Waals surface area contributed by atoms with E-state index < -0.39 is 18.0 Å². The summed E-state index contributed by atoms with van der Waals surface area (Å²) in [7, 11) is 0. The lowest BCUT2D eigenvalue weighted by Crippen LogP contribution is -2.52. The molecule has 152 valence electrons. The van der Waals surface area contributed by atoms with Crippen LogP contribution in [0.4, 0.5) is 0 Å². The molecule has 0 radical (unpaired) electrons. The lowest BCUT2D eigenvalue weighted by molar-refractivity contribution is -0.142. The first-order chi connectivity index (χ1) is 12.7. The third-order valence-corrected chi connectivity index (χ3v) is 6.64. The SMILES string of the molecule is C=C1CCC2C(CN=O)C(O)CCC2(C)C1CCN(CC(=O)O)CC(=O)O. The molecule has 0 saturated heterocycles. The van der Waals surface area contributed by atoms with Gasteiger partial charge < -0.3 is 15.3 Å². The maximum absolute atomic E-state index is 11.0. The van der Waals surface area contributed by atoms with Gasteiger partial charge in [-0.15, -0.1) is 0 Å². The molecule has 27 heavy (non-hydrogen) atoms. The molecule has 2 aliphatic carbocycles. The summed E-state index contributed by atoms with van der Waals surface area (Å²) in [4.78, 5) is 34.3. The second kappa shape index (κ2) is 8.93. The molecular formula is C19H30N2O6. The van der Waals surface area contributed by atoms with Gasteiger partial charge in [-0.3, -0.25) is 14.5 Å². The van der Waals surface area contributed by atoms with Crippen molar-refractivity contribution in [3.05, 3.63) is 17.1 Å². The third kappa shape index (κ3) is 4.93. The number of allylic oxidation sites excluding steroid dienone is 1. The first kappa shape index (κ1) is 21.5. The van der Waals surface area contributed by atoms with Crippen molar-refractivity contribution in [2.24, 2.45) is 28.3 Å². The molecule has 0 spiro atoms. The van der Waals surface area contributed by atoms with Gasteiger partial charge in [-0.05, 0) is 55.9 Å². The molecule has 0 aliphatic heterocycles. The number of aliphatic hydroxyl groups excluding tert-OH is 1. The number of aliphatic carboxylic acids is 2. The van der Waals surface area contributed by atoms with E-state index in [9.17, 15) is 19.6 Å². The number of hydrogen-bond donors (Lipinski definition) is 3. The Labute approximate surface area is 159 Å². The van der Waals surface area contributed by atoms with E-state index in [1.165, 1.54) is 4.90 Å². The maximum atomic E-state index is 11.0. The summed E-state index contributed by atoms with van der Waals surface area (Å²) < 4.78 is 0. The van der Waals surface area contributed by atoms with Crippen LogP contribution in [0.5, 0.6) is 0 Å². The van der Waals surface area contributed by atoms with Crippen LogP contribution in [0, 0.1) is 28.1 Å². The number of aliphatic hydroxyl groups is 1. The van der Waals surface area contributed by atoms with Gasteiger partial charge in [0.25, 0.3) is 0 Å². The van der Waals surface area contributed by atoms with Crippen LogP contribution in [0.25, 0.3) is 0 Å². The number of carboxylic acid groups (broad SMARTS) is 2. The molecule has 5 unspecified atom stereocenters. The average Bonchev–Trinajstić information content (AvgIpc) is 2.56. The van der Waals surface area contributed by atoms with Crippen LogP contribution in [-0.2, 0) is 9.59 Å². The number of hydrogen-bond acceptors (Lipinski definition) is 6. The van der Waals surface area contributed by atoms with Gasteiger partial charge in [-0.2, -0.15) is 4.91 Å². The normalized spacial score (nSPS) is 33.5. The molecular weight excluding hydrogens is 352 g/mol. The van der Waals surface area contributed by atoms with Crippen LogP contribution in [0.2, 0.25) is 0 Å². The molecule has 2 aliphatic rings. The molecule has 2 rings (SSSR count). The fourth-order valence-electron chi connectivity index (χ4n) is 5.35. The fourth-order valence-corrected chi connectivity index (χ4v) is 5.35. The van der Waals surface area contributed by atoms with Gasteiger partial charge in [0.15, 0.2) is 0 Å². The smallest absolute Gasteiger partial charge is 0.317 e. The standard InChI is InChI=1S/C19H30N2O6/c1-12-3-4-15-13(9-20-27)16(22)5-7-19(15,2)14(12)6-8-21(10-17(23)24)11-18(25)26/h13-16,22H,1,3-11H2,2H3,(H,23,24)(H,25,26). The van der Waals surface area contributed by atoms with Crippen molar-refractivity contribution in [1.29, 1.82) is 0 Å². The Morgan fingerprint density at radius 1 is 1.26 bits per heavy atom. The third-order valence-electron chi connectivity index (χ3n) is 6.64. The zero-order valence-electron chi connectivity index (χ0n) is 15.8. The fraction of sp³-hybridized carbons (Fsp3) is 0.789. The van der Waals surface area contributed by atoms with Crippen LogP contribution < -0.4 is 0 Å². The summed E-state index contributed by atoms with van der Waals surface area (Å²) in [5.41, 5.74) is 0.940. The Morgan fingerprint density at radius 2 is 1.89 bits per heavy atom. The van der Waals surface area contributed by atoms with E-state index in [0.29, 0.717) is 19.4 Å². The monoisotopic (exact) mass is 382 g/mol. The Bertz CT molecular complexity index is 579. The summed E-state index contributed by atoms with van der Waals surface area (Å²) in [5.74, 6) is -2.02. The highest BCUT2D eigenvalue weighted by Gasteiger charge is 2.52. The van der Waals surface area contributed by atoms with E-state index >= 15 is 0 Å². The molecule has 0 aromatic heterocycles. The summed E-state index contributed by atoms with van der Waals surface area (Å²) in [5, 5.41) is 31.5. The molecule has 0 heterocycles. The van der Waals surface area contributed by atoms with E-state index in [1.807, 2.05) is 0 Å². The summed E-state index contributed by atoms with van der Waals surface area (Å²) >= 11 is 0. The molecule has 0 aromatic rings. The van der Waals surface area contributed by atoms with E-state index in [4.69, 9.17) is 10.2 Å². The second-order valence-electron chi connectivity index (χ2n) is 8.23. The van der Waals surface area contributed by atoms with Crippen LogP contribution in [0.15, 0.2) is 17.3 Å². The first-order valence-corrected chi connectivity index (χ1v) is 9.49. The van der Waals surface area contributed by atoms with Crippen LogP contribution in [0.3, 0.4) is 0 Å². The number of carbonyl (C=O) groups is 2. The number of nitrogens with zero attached hydrogens (tertiary/aromatic N) is 2. The number of nitroso groups, excluding NO2 is 1. The molecule has 2 saturated carbocycles. The van der Waals surface area contributed by atoms with Gasteiger partial charge in [-0.1, -0.05) is 24.3 Å². The largest absolute Gasteiger partial charge is 0.480 e. The minimum absolute atomic E-state index is 0.1000. The van der Waals surface area contributed by atoms with Gasteiger partial charge in [0.1, 0.15) is 0 Å². The molecule has 0 amide bonds.